The predicted molar refractivity (Wildman–Crippen MR) is 150 cm³/mol. The SMILES string of the molecule is COC[C@@H]1CCCN1[C@H]1CC[C@@H](CNc2cc(-n3c(C(F)F)nc4ccccc43)nc(N3CCOCC3)n2)CC1. The fourth-order valence-electron chi connectivity index (χ4n) is 6.60. The number of rotatable bonds is 9. The summed E-state index contributed by atoms with van der Waals surface area (Å²) in [7, 11) is 1.80. The molecule has 1 aromatic carbocycles. The molecular formula is C29H39F2N7O2. The summed E-state index contributed by atoms with van der Waals surface area (Å²) in [4.78, 5) is 18.5. The van der Waals surface area contributed by atoms with Crippen LogP contribution in [0.15, 0.2) is 30.3 Å². The third kappa shape index (κ3) is 5.77. The maximum absolute atomic E-state index is 14.1. The Bertz CT molecular complexity index is 1270. The minimum atomic E-state index is -2.74. The van der Waals surface area contributed by atoms with Crippen LogP contribution in [0.2, 0.25) is 0 Å². The third-order valence-corrected chi connectivity index (χ3v) is 8.64. The molecule has 3 aromatic rings. The van der Waals surface area contributed by atoms with Gasteiger partial charge in [0.25, 0.3) is 6.43 Å². The summed E-state index contributed by atoms with van der Waals surface area (Å²) in [5, 5.41) is 3.54. The third-order valence-electron chi connectivity index (χ3n) is 8.64. The molecule has 4 heterocycles. The van der Waals surface area contributed by atoms with E-state index in [1.165, 1.54) is 36.8 Å². The molecule has 0 radical (unpaired) electrons. The number of nitrogens with one attached hydrogen (secondary N) is 1. The second kappa shape index (κ2) is 12.3. The van der Waals surface area contributed by atoms with Crippen LogP contribution in [-0.2, 0) is 9.47 Å². The van der Waals surface area contributed by atoms with E-state index in [-0.39, 0.29) is 5.82 Å². The van der Waals surface area contributed by atoms with Crippen LogP contribution in [0.1, 0.15) is 50.8 Å². The highest BCUT2D eigenvalue weighted by Gasteiger charge is 2.33. The van der Waals surface area contributed by atoms with Crippen molar-refractivity contribution in [1.29, 1.82) is 0 Å². The summed E-state index contributed by atoms with van der Waals surface area (Å²) in [5.41, 5.74) is 1.11. The van der Waals surface area contributed by atoms with E-state index < -0.39 is 6.43 Å². The molecule has 2 saturated heterocycles. The van der Waals surface area contributed by atoms with Crippen molar-refractivity contribution in [1.82, 2.24) is 24.4 Å². The number of benzene rings is 1. The largest absolute Gasteiger partial charge is 0.383 e. The minimum Gasteiger partial charge on any atom is -0.383 e. The number of para-hydroxylation sites is 2. The first kappa shape index (κ1) is 27.3. The van der Waals surface area contributed by atoms with Crippen molar-refractivity contribution in [3.05, 3.63) is 36.2 Å². The number of hydrogen-bond acceptors (Lipinski definition) is 8. The number of nitrogens with zero attached hydrogens (tertiary/aromatic N) is 6. The first-order valence-electron chi connectivity index (χ1n) is 14.6. The van der Waals surface area contributed by atoms with Gasteiger partial charge in [0.1, 0.15) is 11.6 Å². The van der Waals surface area contributed by atoms with Gasteiger partial charge in [0.15, 0.2) is 5.82 Å². The van der Waals surface area contributed by atoms with Crippen LogP contribution >= 0.6 is 0 Å². The minimum absolute atomic E-state index is 0.314. The number of imidazole rings is 1. The molecule has 1 saturated carbocycles. The Balaban J connectivity index is 1.21. The first-order valence-corrected chi connectivity index (χ1v) is 14.6. The Morgan fingerprint density at radius 1 is 1.02 bits per heavy atom. The van der Waals surface area contributed by atoms with E-state index in [9.17, 15) is 8.78 Å². The number of halogens is 2. The second-order valence-electron chi connectivity index (χ2n) is 11.2. The van der Waals surface area contributed by atoms with Gasteiger partial charge in [-0.15, -0.1) is 0 Å². The normalized spacial score (nSPS) is 24.3. The Morgan fingerprint density at radius 3 is 2.60 bits per heavy atom. The average Bonchev–Trinajstić information content (AvgIpc) is 3.62. The van der Waals surface area contributed by atoms with Crippen molar-refractivity contribution in [3.8, 4) is 5.82 Å². The lowest BCUT2D eigenvalue weighted by Crippen LogP contribution is -2.43. The average molecular weight is 556 g/mol. The highest BCUT2D eigenvalue weighted by Crippen LogP contribution is 2.33. The second-order valence-corrected chi connectivity index (χ2v) is 11.2. The highest BCUT2D eigenvalue weighted by molar-refractivity contribution is 5.78. The van der Waals surface area contributed by atoms with Gasteiger partial charge in [0.05, 0.1) is 30.9 Å². The van der Waals surface area contributed by atoms with Crippen LogP contribution in [0.4, 0.5) is 20.5 Å². The number of hydrogen-bond donors (Lipinski definition) is 1. The fraction of sp³-hybridized carbons (Fsp3) is 0.621. The number of ether oxygens (including phenoxy) is 2. The van der Waals surface area contributed by atoms with E-state index in [1.807, 2.05) is 6.07 Å². The van der Waals surface area contributed by atoms with Crippen LogP contribution in [-0.4, -0.2) is 89.6 Å². The van der Waals surface area contributed by atoms with Gasteiger partial charge in [-0.1, -0.05) is 12.1 Å². The van der Waals surface area contributed by atoms with Crippen LogP contribution in [0.25, 0.3) is 16.9 Å². The monoisotopic (exact) mass is 555 g/mol. The van der Waals surface area contributed by atoms with E-state index in [0.29, 0.717) is 72.9 Å². The molecule has 6 rings (SSSR count). The summed E-state index contributed by atoms with van der Waals surface area (Å²) in [6.07, 6.45) is 4.46. The zero-order valence-corrected chi connectivity index (χ0v) is 23.1. The number of aromatic nitrogens is 4. The number of morpholine rings is 1. The van der Waals surface area contributed by atoms with E-state index in [4.69, 9.17) is 19.4 Å². The van der Waals surface area contributed by atoms with Gasteiger partial charge >= 0.3 is 0 Å². The smallest absolute Gasteiger partial charge is 0.296 e. The molecule has 3 fully saturated rings. The van der Waals surface area contributed by atoms with Crippen LogP contribution in [0, 0.1) is 5.92 Å². The van der Waals surface area contributed by atoms with E-state index in [2.05, 4.69) is 20.1 Å². The Morgan fingerprint density at radius 2 is 1.82 bits per heavy atom. The maximum Gasteiger partial charge on any atom is 0.296 e. The summed E-state index contributed by atoms with van der Waals surface area (Å²) in [5.74, 6) is 1.78. The van der Waals surface area contributed by atoms with Crippen LogP contribution < -0.4 is 10.2 Å². The Labute approximate surface area is 233 Å². The number of likely N-dealkylation sites (tertiary alicyclic amines) is 1. The molecule has 9 nitrogen and oxygen atoms in total. The van der Waals surface area contributed by atoms with Crippen LogP contribution in [0.3, 0.4) is 0 Å². The van der Waals surface area contributed by atoms with Gasteiger partial charge in [-0.3, -0.25) is 9.47 Å². The van der Waals surface area contributed by atoms with Gasteiger partial charge < -0.3 is 19.7 Å². The van der Waals surface area contributed by atoms with Crippen molar-refractivity contribution < 1.29 is 18.3 Å². The first-order chi connectivity index (χ1) is 19.6. The molecule has 216 valence electrons. The molecule has 2 aromatic heterocycles. The Hall–Kier alpha value is -2.89. The zero-order valence-electron chi connectivity index (χ0n) is 23.1. The molecule has 3 aliphatic rings. The summed E-state index contributed by atoms with van der Waals surface area (Å²) in [6, 6.07) is 10.1. The van der Waals surface area contributed by atoms with Gasteiger partial charge in [-0.05, 0) is 63.1 Å². The predicted octanol–water partition coefficient (Wildman–Crippen LogP) is 4.67. The molecule has 1 N–H and O–H groups in total. The summed E-state index contributed by atoms with van der Waals surface area (Å²) < 4.78 is 40.7. The lowest BCUT2D eigenvalue weighted by molar-refractivity contribution is 0.0688. The highest BCUT2D eigenvalue weighted by atomic mass is 19.3. The van der Waals surface area contributed by atoms with Crippen molar-refractivity contribution in [2.45, 2.75) is 57.0 Å². The molecule has 0 unspecified atom stereocenters. The van der Waals surface area contributed by atoms with E-state index >= 15 is 0 Å². The zero-order chi connectivity index (χ0) is 27.5. The molecular weight excluding hydrogens is 516 g/mol. The number of methoxy groups -OCH3 is 1. The van der Waals surface area contributed by atoms with Gasteiger partial charge in [0.2, 0.25) is 5.95 Å². The molecule has 0 amide bonds. The van der Waals surface area contributed by atoms with Gasteiger partial charge in [-0.25, -0.2) is 13.8 Å². The van der Waals surface area contributed by atoms with Crippen LogP contribution in [0.5, 0.6) is 0 Å². The molecule has 1 aliphatic carbocycles. The Kier molecular flexibility index (Phi) is 8.40. The van der Waals surface area contributed by atoms with Crippen molar-refractivity contribution in [2.24, 2.45) is 5.92 Å². The van der Waals surface area contributed by atoms with Gasteiger partial charge in [-0.2, -0.15) is 9.97 Å². The molecule has 11 heteroatoms. The molecule has 40 heavy (non-hydrogen) atoms. The van der Waals surface area contributed by atoms with Crippen molar-refractivity contribution in [2.75, 3.05) is 63.3 Å². The van der Waals surface area contributed by atoms with Gasteiger partial charge in [0, 0.05) is 44.9 Å². The number of anilines is 2. The number of alkyl halides is 2. The topological polar surface area (TPSA) is 80.6 Å². The van der Waals surface area contributed by atoms with Crippen molar-refractivity contribution in [3.63, 3.8) is 0 Å². The molecule has 0 bridgehead atoms. The molecule has 0 spiro atoms. The quantitative estimate of drug-likeness (QED) is 0.408. The maximum atomic E-state index is 14.1. The fourth-order valence-corrected chi connectivity index (χ4v) is 6.60. The summed E-state index contributed by atoms with van der Waals surface area (Å²) >= 11 is 0. The standard InChI is InChI=1S/C29H39F2N7O2/c1-39-19-22-5-4-12-37(22)21-10-8-20(9-11-21)18-32-25-17-26(35-29(34-25)36-13-15-40-16-14-36)38-24-7-3-2-6-23(24)33-28(38)27(30)31/h2-3,6-7,17,20-22,27H,4-5,8-16,18-19H2,1H3,(H,32,34,35)/t20-,21+,22-/m0/s1. The summed E-state index contributed by atoms with van der Waals surface area (Å²) in [6.45, 7) is 5.26. The molecule has 1 atom stereocenters. The number of fused-ring (bicyclic) bond motifs is 1. The van der Waals surface area contributed by atoms with E-state index in [0.717, 1.165) is 26.0 Å². The lowest BCUT2D eigenvalue weighted by atomic mass is 9.85. The van der Waals surface area contributed by atoms with E-state index in [1.54, 1.807) is 31.4 Å². The van der Waals surface area contributed by atoms with Crippen molar-refractivity contribution >= 4 is 22.8 Å². The lowest BCUT2D eigenvalue weighted by Gasteiger charge is -2.38. The molecule has 2 aliphatic heterocycles.